The summed E-state index contributed by atoms with van der Waals surface area (Å²) >= 11 is 0. The van der Waals surface area contributed by atoms with Crippen molar-refractivity contribution >= 4 is 5.91 Å². The fraction of sp³-hybridized carbons (Fsp3) is 0.462. The van der Waals surface area contributed by atoms with Crippen molar-refractivity contribution in [2.24, 2.45) is 5.92 Å². The molecule has 1 amide bonds. The van der Waals surface area contributed by atoms with Crippen molar-refractivity contribution in [2.45, 2.75) is 32.2 Å². The molecule has 1 aliphatic rings. The molecule has 0 bridgehead atoms. The minimum absolute atomic E-state index is 0.0883. The maximum Gasteiger partial charge on any atom is 0.251 e. The third-order valence-corrected chi connectivity index (χ3v) is 3.29. The first-order chi connectivity index (χ1) is 7.66. The summed E-state index contributed by atoms with van der Waals surface area (Å²) < 4.78 is 0. The summed E-state index contributed by atoms with van der Waals surface area (Å²) in [5.41, 5.74) is 0.527. The van der Waals surface area contributed by atoms with Gasteiger partial charge in [-0.3, -0.25) is 4.79 Å². The van der Waals surface area contributed by atoms with E-state index in [0.717, 1.165) is 6.42 Å². The zero-order valence-corrected chi connectivity index (χ0v) is 9.44. The summed E-state index contributed by atoms with van der Waals surface area (Å²) in [5.74, 6) is 0.600. The van der Waals surface area contributed by atoms with E-state index in [1.807, 2.05) is 0 Å². The zero-order valence-electron chi connectivity index (χ0n) is 9.44. The van der Waals surface area contributed by atoms with E-state index in [1.165, 1.54) is 18.9 Å². The Hall–Kier alpha value is -1.51. The number of phenols is 1. The molecule has 3 heteroatoms. The first-order valence-corrected chi connectivity index (χ1v) is 5.76. The SMILES string of the molecule is CC1CCCC1NC(=O)c1cccc(O)c1. The lowest BCUT2D eigenvalue weighted by molar-refractivity contribution is 0.0929. The van der Waals surface area contributed by atoms with Crippen LogP contribution in [0.15, 0.2) is 24.3 Å². The highest BCUT2D eigenvalue weighted by Gasteiger charge is 2.24. The summed E-state index contributed by atoms with van der Waals surface area (Å²) in [6, 6.07) is 6.75. The van der Waals surface area contributed by atoms with Crippen molar-refractivity contribution in [1.82, 2.24) is 5.32 Å². The van der Waals surface area contributed by atoms with Gasteiger partial charge in [0.15, 0.2) is 0 Å². The molecule has 0 aliphatic heterocycles. The second-order valence-corrected chi connectivity index (χ2v) is 4.54. The van der Waals surface area contributed by atoms with Gasteiger partial charge in [0.25, 0.3) is 5.91 Å². The van der Waals surface area contributed by atoms with Crippen LogP contribution in [0.3, 0.4) is 0 Å². The summed E-state index contributed by atoms with van der Waals surface area (Å²) in [4.78, 5) is 11.9. The molecule has 1 aromatic rings. The molecule has 2 unspecified atom stereocenters. The molecule has 3 nitrogen and oxygen atoms in total. The van der Waals surface area contributed by atoms with Crippen LogP contribution in [0.2, 0.25) is 0 Å². The Kier molecular flexibility index (Phi) is 3.13. The average molecular weight is 219 g/mol. The first-order valence-electron chi connectivity index (χ1n) is 5.76. The Labute approximate surface area is 95.5 Å². The Morgan fingerprint density at radius 2 is 2.25 bits per heavy atom. The molecule has 2 atom stereocenters. The smallest absolute Gasteiger partial charge is 0.251 e. The predicted molar refractivity (Wildman–Crippen MR) is 62.4 cm³/mol. The molecule has 0 aromatic heterocycles. The Balaban J connectivity index is 2.03. The highest BCUT2D eigenvalue weighted by molar-refractivity contribution is 5.94. The van der Waals surface area contributed by atoms with Crippen LogP contribution in [0.1, 0.15) is 36.5 Å². The molecule has 86 valence electrons. The number of nitrogens with one attached hydrogen (secondary N) is 1. The highest BCUT2D eigenvalue weighted by Crippen LogP contribution is 2.25. The largest absolute Gasteiger partial charge is 0.508 e. The average Bonchev–Trinajstić information content (AvgIpc) is 2.64. The molecule has 1 saturated carbocycles. The van der Waals surface area contributed by atoms with Crippen LogP contribution in [0, 0.1) is 5.92 Å². The summed E-state index contributed by atoms with van der Waals surface area (Å²) in [5, 5.41) is 12.3. The quantitative estimate of drug-likeness (QED) is 0.802. The molecule has 0 spiro atoms. The van der Waals surface area contributed by atoms with Crippen LogP contribution in [0.5, 0.6) is 5.75 Å². The van der Waals surface area contributed by atoms with Gasteiger partial charge in [-0.05, 0) is 37.0 Å². The van der Waals surface area contributed by atoms with E-state index in [0.29, 0.717) is 11.5 Å². The molecule has 0 saturated heterocycles. The third-order valence-electron chi connectivity index (χ3n) is 3.29. The Bertz CT molecular complexity index is 389. The van der Waals surface area contributed by atoms with E-state index < -0.39 is 0 Å². The van der Waals surface area contributed by atoms with Crippen LogP contribution >= 0.6 is 0 Å². The number of hydrogen-bond donors (Lipinski definition) is 2. The van der Waals surface area contributed by atoms with Gasteiger partial charge in [0.1, 0.15) is 5.75 Å². The number of aromatic hydroxyl groups is 1. The van der Waals surface area contributed by atoms with Crippen LogP contribution in [0.25, 0.3) is 0 Å². The number of carbonyl (C=O) groups excluding carboxylic acids is 1. The second-order valence-electron chi connectivity index (χ2n) is 4.54. The lowest BCUT2D eigenvalue weighted by atomic mass is 10.1. The molecule has 16 heavy (non-hydrogen) atoms. The molecule has 1 fully saturated rings. The van der Waals surface area contributed by atoms with Crippen LogP contribution in [-0.2, 0) is 0 Å². The van der Waals surface area contributed by atoms with Crippen molar-refractivity contribution in [3.63, 3.8) is 0 Å². The number of hydrogen-bond acceptors (Lipinski definition) is 2. The van der Waals surface area contributed by atoms with E-state index in [1.54, 1.807) is 18.2 Å². The lowest BCUT2D eigenvalue weighted by Gasteiger charge is -2.17. The van der Waals surface area contributed by atoms with Crippen LogP contribution in [0.4, 0.5) is 0 Å². The number of phenolic OH excluding ortho intramolecular Hbond substituents is 1. The summed E-state index contributed by atoms with van der Waals surface area (Å²) in [6.07, 6.45) is 3.43. The second kappa shape index (κ2) is 4.56. The first kappa shape index (κ1) is 11.0. The van der Waals surface area contributed by atoms with Gasteiger partial charge in [0, 0.05) is 11.6 Å². The molecule has 1 aromatic carbocycles. The van der Waals surface area contributed by atoms with Gasteiger partial charge in [-0.25, -0.2) is 0 Å². The molecule has 2 N–H and O–H groups in total. The van der Waals surface area contributed by atoms with Crippen LogP contribution in [-0.4, -0.2) is 17.1 Å². The van der Waals surface area contributed by atoms with Gasteiger partial charge in [-0.2, -0.15) is 0 Å². The highest BCUT2D eigenvalue weighted by atomic mass is 16.3. The van der Waals surface area contributed by atoms with Crippen molar-refractivity contribution < 1.29 is 9.90 Å². The van der Waals surface area contributed by atoms with Gasteiger partial charge >= 0.3 is 0 Å². The van der Waals surface area contributed by atoms with Crippen molar-refractivity contribution in [2.75, 3.05) is 0 Å². The van der Waals surface area contributed by atoms with E-state index in [-0.39, 0.29) is 17.7 Å². The Morgan fingerprint density at radius 3 is 2.88 bits per heavy atom. The van der Waals surface area contributed by atoms with Crippen molar-refractivity contribution in [1.29, 1.82) is 0 Å². The van der Waals surface area contributed by atoms with E-state index in [9.17, 15) is 9.90 Å². The minimum Gasteiger partial charge on any atom is -0.508 e. The fourth-order valence-electron chi connectivity index (χ4n) is 2.26. The van der Waals surface area contributed by atoms with Gasteiger partial charge < -0.3 is 10.4 Å². The lowest BCUT2D eigenvalue weighted by Crippen LogP contribution is -2.36. The standard InChI is InChI=1S/C13H17NO2/c1-9-4-2-7-12(9)14-13(16)10-5-3-6-11(15)8-10/h3,5-6,8-9,12,15H,2,4,7H2,1H3,(H,14,16). The van der Waals surface area contributed by atoms with Crippen molar-refractivity contribution in [3.8, 4) is 5.75 Å². The monoisotopic (exact) mass is 219 g/mol. The van der Waals surface area contributed by atoms with Crippen molar-refractivity contribution in [3.05, 3.63) is 29.8 Å². The Morgan fingerprint density at radius 1 is 1.44 bits per heavy atom. The van der Waals surface area contributed by atoms with Gasteiger partial charge in [0.2, 0.25) is 0 Å². The molecular weight excluding hydrogens is 202 g/mol. The molecular formula is C13H17NO2. The molecule has 1 aliphatic carbocycles. The predicted octanol–water partition coefficient (Wildman–Crippen LogP) is 2.31. The molecule has 0 radical (unpaired) electrons. The van der Waals surface area contributed by atoms with Gasteiger partial charge in [-0.1, -0.05) is 19.4 Å². The number of amides is 1. The topological polar surface area (TPSA) is 49.3 Å². The maximum atomic E-state index is 11.9. The van der Waals surface area contributed by atoms with Gasteiger partial charge in [-0.15, -0.1) is 0 Å². The minimum atomic E-state index is -0.0883. The van der Waals surface area contributed by atoms with E-state index in [4.69, 9.17) is 0 Å². The fourth-order valence-corrected chi connectivity index (χ4v) is 2.26. The van der Waals surface area contributed by atoms with E-state index >= 15 is 0 Å². The van der Waals surface area contributed by atoms with Gasteiger partial charge in [0.05, 0.1) is 0 Å². The van der Waals surface area contributed by atoms with E-state index in [2.05, 4.69) is 12.2 Å². The summed E-state index contributed by atoms with van der Waals surface area (Å²) in [7, 11) is 0. The normalized spacial score (nSPS) is 24.3. The van der Waals surface area contributed by atoms with Crippen LogP contribution < -0.4 is 5.32 Å². The number of carbonyl (C=O) groups is 1. The third kappa shape index (κ3) is 2.35. The number of benzene rings is 1. The molecule has 0 heterocycles. The molecule has 2 rings (SSSR count). The summed E-state index contributed by atoms with van der Waals surface area (Å²) in [6.45, 7) is 2.17. The maximum absolute atomic E-state index is 11.9. The zero-order chi connectivity index (χ0) is 11.5. The number of rotatable bonds is 2.